The summed E-state index contributed by atoms with van der Waals surface area (Å²) >= 11 is 1.16. The number of amides is 1. The summed E-state index contributed by atoms with van der Waals surface area (Å²) in [5.41, 5.74) is -0.448. The molecule has 0 aromatic carbocycles. The Morgan fingerprint density at radius 3 is 2.50 bits per heavy atom. The molecule has 0 radical (unpaired) electrons. The number of thioether (sulfide) groups is 1. The van der Waals surface area contributed by atoms with Crippen molar-refractivity contribution < 1.29 is 36.6 Å². The summed E-state index contributed by atoms with van der Waals surface area (Å²) in [5.74, 6) is -6.22. The normalized spacial score (nSPS) is 15.6. The number of likely N-dealkylation sites (tertiary alicyclic amines) is 1. The number of nitrogens with zero attached hydrogens (tertiary/aromatic N) is 5. The van der Waals surface area contributed by atoms with Gasteiger partial charge in [-0.3, -0.25) is 0 Å². The minimum atomic E-state index is -4.85. The van der Waals surface area contributed by atoms with E-state index in [2.05, 4.69) is 19.9 Å². The zero-order chi connectivity index (χ0) is 23.5. The zero-order valence-corrected chi connectivity index (χ0v) is 17.5. The Bertz CT molecular complexity index is 970. The lowest BCUT2D eigenvalue weighted by atomic mass is 9.89. The average Bonchev–Trinajstić information content (AvgIpc) is 2.77. The first-order chi connectivity index (χ1) is 15.0. The summed E-state index contributed by atoms with van der Waals surface area (Å²) in [4.78, 5) is 26.6. The number of hydrogen-bond acceptors (Lipinski definition) is 7. The first-order valence-electron chi connectivity index (χ1n) is 9.31. The molecule has 3 rings (SSSR count). The molecular weight excluding hydrogens is 461 g/mol. The van der Waals surface area contributed by atoms with Gasteiger partial charge in [0.25, 0.3) is 0 Å². The van der Waals surface area contributed by atoms with Crippen molar-refractivity contribution >= 4 is 17.9 Å². The minimum absolute atomic E-state index is 0.0710. The smallest absolute Gasteiger partial charge is 0.451 e. The third kappa shape index (κ3) is 5.53. The molecule has 0 bridgehead atoms. The van der Waals surface area contributed by atoms with Gasteiger partial charge < -0.3 is 14.7 Å². The molecule has 14 heteroatoms. The number of ether oxygens (including phenoxy) is 1. The van der Waals surface area contributed by atoms with Crippen LogP contribution in [0.5, 0.6) is 5.88 Å². The van der Waals surface area contributed by atoms with Gasteiger partial charge in [-0.25, -0.2) is 19.7 Å². The number of hydrogen-bond donors (Lipinski definition) is 1. The average molecular weight is 479 g/mol. The lowest BCUT2D eigenvalue weighted by molar-refractivity contribution is -0.145. The first kappa shape index (κ1) is 23.9. The van der Waals surface area contributed by atoms with Gasteiger partial charge in [-0.1, -0.05) is 11.8 Å². The Morgan fingerprint density at radius 1 is 1.22 bits per heavy atom. The van der Waals surface area contributed by atoms with E-state index in [1.54, 1.807) is 6.26 Å². The van der Waals surface area contributed by atoms with E-state index in [-0.39, 0.29) is 23.9 Å². The molecule has 0 saturated carbocycles. The number of carbonyl (C=O) groups is 1. The van der Waals surface area contributed by atoms with Gasteiger partial charge in [0.2, 0.25) is 11.7 Å². The Labute approximate surface area is 183 Å². The maximum absolute atomic E-state index is 15.1. The molecule has 8 nitrogen and oxygen atoms in total. The lowest BCUT2D eigenvalue weighted by Gasteiger charge is -2.31. The topological polar surface area (TPSA) is 101 Å². The third-order valence-corrected chi connectivity index (χ3v) is 5.37. The molecule has 3 heterocycles. The van der Waals surface area contributed by atoms with Crippen molar-refractivity contribution in [2.45, 2.75) is 36.0 Å². The second kappa shape index (κ2) is 9.38. The molecule has 174 valence electrons. The molecule has 0 aliphatic carbocycles. The van der Waals surface area contributed by atoms with Crippen LogP contribution in [0.2, 0.25) is 0 Å². The molecule has 32 heavy (non-hydrogen) atoms. The highest BCUT2D eigenvalue weighted by molar-refractivity contribution is 7.98. The Balaban J connectivity index is 1.82. The zero-order valence-electron chi connectivity index (χ0n) is 16.6. The summed E-state index contributed by atoms with van der Waals surface area (Å²) in [5, 5.41) is 9.36. The maximum atomic E-state index is 15.1. The van der Waals surface area contributed by atoms with Gasteiger partial charge in [0, 0.05) is 37.5 Å². The summed E-state index contributed by atoms with van der Waals surface area (Å²) in [6, 6.07) is 0.946. The minimum Gasteiger partial charge on any atom is -0.471 e. The van der Waals surface area contributed by atoms with E-state index < -0.39 is 48.0 Å². The second-order valence-electron chi connectivity index (χ2n) is 6.91. The Morgan fingerprint density at radius 2 is 1.91 bits per heavy atom. The molecule has 0 unspecified atom stereocenters. The highest BCUT2D eigenvalue weighted by Crippen LogP contribution is 2.38. The van der Waals surface area contributed by atoms with E-state index >= 15 is 8.78 Å². The van der Waals surface area contributed by atoms with Gasteiger partial charge in [0.1, 0.15) is 0 Å². The van der Waals surface area contributed by atoms with Gasteiger partial charge in [0.15, 0.2) is 11.8 Å². The summed E-state index contributed by atoms with van der Waals surface area (Å²) < 4.78 is 73.1. The predicted octanol–water partition coefficient (Wildman–Crippen LogP) is 4.04. The van der Waals surface area contributed by atoms with Crippen molar-refractivity contribution in [2.75, 3.05) is 26.0 Å². The van der Waals surface area contributed by atoms with Crippen LogP contribution in [0.4, 0.5) is 26.7 Å². The molecule has 2 aromatic heterocycles. The number of aromatic nitrogens is 4. The van der Waals surface area contributed by atoms with Crippen LogP contribution in [0.3, 0.4) is 0 Å². The summed E-state index contributed by atoms with van der Waals surface area (Å²) in [6.07, 6.45) is -1.92. The van der Waals surface area contributed by atoms with Crippen molar-refractivity contribution in [3.05, 3.63) is 35.5 Å². The van der Waals surface area contributed by atoms with E-state index in [0.29, 0.717) is 12.8 Å². The van der Waals surface area contributed by atoms with Gasteiger partial charge in [-0.05, 0) is 19.1 Å². The second-order valence-corrected chi connectivity index (χ2v) is 7.68. The van der Waals surface area contributed by atoms with Crippen molar-refractivity contribution in [1.82, 2.24) is 24.8 Å². The predicted molar refractivity (Wildman–Crippen MR) is 102 cm³/mol. The number of alkyl halides is 5. The van der Waals surface area contributed by atoms with Crippen LogP contribution in [0.25, 0.3) is 0 Å². The van der Waals surface area contributed by atoms with Crippen molar-refractivity contribution in [1.29, 1.82) is 0 Å². The van der Waals surface area contributed by atoms with Gasteiger partial charge in [0.05, 0.1) is 11.3 Å². The fraction of sp³-hybridized carbons (Fsp3) is 0.500. The van der Waals surface area contributed by atoms with Crippen LogP contribution in [0.1, 0.15) is 35.8 Å². The molecule has 1 aliphatic heterocycles. The number of piperidine rings is 1. The lowest BCUT2D eigenvalue weighted by Crippen LogP contribution is -2.37. The van der Waals surface area contributed by atoms with Crippen LogP contribution in [0, 0.1) is 0 Å². The van der Waals surface area contributed by atoms with Crippen LogP contribution in [-0.2, 0) is 12.1 Å². The number of rotatable bonds is 6. The van der Waals surface area contributed by atoms with Crippen LogP contribution >= 0.6 is 11.8 Å². The van der Waals surface area contributed by atoms with E-state index in [0.717, 1.165) is 30.2 Å². The standard InChI is InChI=1S/C18H18F5N5O3S/c1-32-15-25-8-11(13(27-15)10-3-6-28(7-4-10)16(29)30)17(19,20)9-31-12-2-5-24-14(26-12)18(21,22)23/h2,5,8,10H,3-4,6-7,9H2,1H3,(H,29,30). The van der Waals surface area contributed by atoms with Crippen LogP contribution in [-0.4, -0.2) is 62.0 Å². The number of halogens is 5. The van der Waals surface area contributed by atoms with Crippen molar-refractivity contribution in [3.63, 3.8) is 0 Å². The summed E-state index contributed by atoms with van der Waals surface area (Å²) in [6.45, 7) is -0.952. The molecule has 1 amide bonds. The molecule has 1 N–H and O–H groups in total. The van der Waals surface area contributed by atoms with E-state index in [9.17, 15) is 18.0 Å². The van der Waals surface area contributed by atoms with Crippen molar-refractivity contribution in [3.8, 4) is 5.88 Å². The monoisotopic (exact) mass is 479 g/mol. The van der Waals surface area contributed by atoms with Gasteiger partial charge in [-0.15, -0.1) is 0 Å². The highest BCUT2D eigenvalue weighted by Gasteiger charge is 2.40. The Kier molecular flexibility index (Phi) is 7.00. The third-order valence-electron chi connectivity index (χ3n) is 4.81. The fourth-order valence-corrected chi connectivity index (χ4v) is 3.56. The summed E-state index contributed by atoms with van der Waals surface area (Å²) in [7, 11) is 0. The van der Waals surface area contributed by atoms with Crippen molar-refractivity contribution in [2.24, 2.45) is 0 Å². The molecule has 1 fully saturated rings. The maximum Gasteiger partial charge on any atom is 0.451 e. The largest absolute Gasteiger partial charge is 0.471 e. The molecule has 0 spiro atoms. The van der Waals surface area contributed by atoms with E-state index in [4.69, 9.17) is 9.84 Å². The number of carboxylic acid groups (broad SMARTS) is 1. The Hall–Kier alpha value is -2.77. The highest BCUT2D eigenvalue weighted by atomic mass is 32.2. The molecular formula is C18H18F5N5O3S. The van der Waals surface area contributed by atoms with Gasteiger partial charge in [-0.2, -0.15) is 26.9 Å². The molecule has 0 atom stereocenters. The first-order valence-corrected chi connectivity index (χ1v) is 10.5. The molecule has 1 saturated heterocycles. The molecule has 2 aromatic rings. The SMILES string of the molecule is CSc1ncc(C(F)(F)COc2ccnc(C(F)(F)F)n2)c(C2CCN(C(=O)O)CC2)n1. The van der Waals surface area contributed by atoms with Crippen LogP contribution < -0.4 is 4.74 Å². The van der Waals surface area contributed by atoms with Crippen LogP contribution in [0.15, 0.2) is 23.6 Å². The van der Waals surface area contributed by atoms with E-state index in [1.165, 1.54) is 4.90 Å². The molecule has 1 aliphatic rings. The van der Waals surface area contributed by atoms with E-state index in [1.807, 2.05) is 0 Å². The van der Waals surface area contributed by atoms with Gasteiger partial charge >= 0.3 is 18.2 Å². The fourth-order valence-electron chi connectivity index (χ4n) is 3.22. The quantitative estimate of drug-likeness (QED) is 0.377.